The molecule has 0 spiro atoms. The Kier molecular flexibility index (Phi) is 4.90. The standard InChI is InChI=1S/C17H13F2N3OS/c18-13-5-1-3-11(7-13)8-15(12-4-2-6-14(19)9-12)21-17(23)16-10-20-24-22-16/h1-7,9-10,15H,8H2,(H,21,23). The molecule has 0 fully saturated rings. The number of carbonyl (C=O) groups is 1. The zero-order valence-electron chi connectivity index (χ0n) is 12.4. The minimum atomic E-state index is -0.517. The Hall–Kier alpha value is -2.67. The van der Waals surface area contributed by atoms with Crippen molar-refractivity contribution in [3.8, 4) is 0 Å². The summed E-state index contributed by atoms with van der Waals surface area (Å²) < 4.78 is 34.6. The van der Waals surface area contributed by atoms with E-state index in [1.54, 1.807) is 24.3 Å². The molecule has 1 heterocycles. The Morgan fingerprint density at radius 3 is 2.54 bits per heavy atom. The molecule has 1 aromatic heterocycles. The van der Waals surface area contributed by atoms with Gasteiger partial charge in [0.1, 0.15) is 11.6 Å². The van der Waals surface area contributed by atoms with Crippen LogP contribution >= 0.6 is 11.7 Å². The monoisotopic (exact) mass is 345 g/mol. The maximum atomic E-state index is 13.5. The maximum absolute atomic E-state index is 13.5. The Labute approximate surface area is 141 Å². The van der Waals surface area contributed by atoms with E-state index in [4.69, 9.17) is 0 Å². The number of rotatable bonds is 5. The molecule has 1 amide bonds. The van der Waals surface area contributed by atoms with Crippen molar-refractivity contribution in [3.63, 3.8) is 0 Å². The molecule has 24 heavy (non-hydrogen) atoms. The van der Waals surface area contributed by atoms with Crippen LogP contribution in [0.5, 0.6) is 0 Å². The summed E-state index contributed by atoms with van der Waals surface area (Å²) in [6.45, 7) is 0. The van der Waals surface area contributed by atoms with Gasteiger partial charge in [0.05, 0.1) is 24.0 Å². The molecule has 3 aromatic rings. The van der Waals surface area contributed by atoms with Gasteiger partial charge in [-0.1, -0.05) is 24.3 Å². The molecule has 7 heteroatoms. The SMILES string of the molecule is O=C(NC(Cc1cccc(F)c1)c1cccc(F)c1)c1cnsn1. The van der Waals surface area contributed by atoms with Crippen LogP contribution in [0.4, 0.5) is 8.78 Å². The number of hydrogen-bond acceptors (Lipinski definition) is 4. The Bertz CT molecular complexity index is 839. The van der Waals surface area contributed by atoms with Gasteiger partial charge in [-0.05, 0) is 41.8 Å². The highest BCUT2D eigenvalue weighted by Gasteiger charge is 2.18. The van der Waals surface area contributed by atoms with E-state index in [0.717, 1.165) is 11.7 Å². The molecule has 2 aromatic carbocycles. The van der Waals surface area contributed by atoms with Crippen LogP contribution < -0.4 is 5.32 Å². The molecule has 3 rings (SSSR count). The second-order valence-electron chi connectivity index (χ2n) is 5.21. The summed E-state index contributed by atoms with van der Waals surface area (Å²) in [4.78, 5) is 12.3. The molecule has 4 nitrogen and oxygen atoms in total. The fourth-order valence-electron chi connectivity index (χ4n) is 2.37. The number of benzene rings is 2. The maximum Gasteiger partial charge on any atom is 0.273 e. The highest BCUT2D eigenvalue weighted by Crippen LogP contribution is 2.20. The van der Waals surface area contributed by atoms with Crippen LogP contribution in [0.1, 0.15) is 27.7 Å². The summed E-state index contributed by atoms with van der Waals surface area (Å²) in [6.07, 6.45) is 1.69. The van der Waals surface area contributed by atoms with E-state index in [-0.39, 0.29) is 11.5 Å². The Balaban J connectivity index is 1.87. The van der Waals surface area contributed by atoms with E-state index in [9.17, 15) is 13.6 Å². The van der Waals surface area contributed by atoms with E-state index >= 15 is 0 Å². The van der Waals surface area contributed by atoms with E-state index in [1.165, 1.54) is 30.5 Å². The number of nitrogens with zero attached hydrogens (tertiary/aromatic N) is 2. The van der Waals surface area contributed by atoms with Crippen LogP contribution in [-0.2, 0) is 6.42 Å². The van der Waals surface area contributed by atoms with Crippen LogP contribution in [0, 0.1) is 11.6 Å². The second kappa shape index (κ2) is 7.27. The molecular weight excluding hydrogens is 332 g/mol. The third-order valence-corrected chi connectivity index (χ3v) is 3.96. The lowest BCUT2D eigenvalue weighted by Gasteiger charge is -2.19. The van der Waals surface area contributed by atoms with E-state index in [1.807, 2.05) is 0 Å². The van der Waals surface area contributed by atoms with Gasteiger partial charge in [0.15, 0.2) is 5.69 Å². The van der Waals surface area contributed by atoms with Crippen molar-refractivity contribution in [3.05, 3.63) is 83.2 Å². The van der Waals surface area contributed by atoms with Crippen molar-refractivity contribution in [2.75, 3.05) is 0 Å². The van der Waals surface area contributed by atoms with Crippen molar-refractivity contribution in [1.82, 2.24) is 14.1 Å². The predicted molar refractivity (Wildman–Crippen MR) is 86.6 cm³/mol. The van der Waals surface area contributed by atoms with Gasteiger partial charge in [0.25, 0.3) is 5.91 Å². The summed E-state index contributed by atoms with van der Waals surface area (Å²) in [6, 6.07) is 11.5. The fraction of sp³-hybridized carbons (Fsp3) is 0.118. The highest BCUT2D eigenvalue weighted by atomic mass is 32.1. The fourth-order valence-corrected chi connectivity index (χ4v) is 2.78. The topological polar surface area (TPSA) is 54.9 Å². The summed E-state index contributed by atoms with van der Waals surface area (Å²) in [5.74, 6) is -1.17. The number of aromatic nitrogens is 2. The number of carbonyl (C=O) groups excluding carboxylic acids is 1. The van der Waals surface area contributed by atoms with Gasteiger partial charge < -0.3 is 5.32 Å². The molecule has 1 atom stereocenters. The number of nitrogens with one attached hydrogen (secondary N) is 1. The molecule has 122 valence electrons. The highest BCUT2D eigenvalue weighted by molar-refractivity contribution is 6.99. The number of halogens is 2. The van der Waals surface area contributed by atoms with E-state index in [2.05, 4.69) is 14.1 Å². The summed E-state index contributed by atoms with van der Waals surface area (Å²) in [7, 11) is 0. The second-order valence-corrected chi connectivity index (χ2v) is 5.76. The average molecular weight is 345 g/mol. The molecule has 0 saturated heterocycles. The first-order chi connectivity index (χ1) is 11.6. The number of amides is 1. The van der Waals surface area contributed by atoms with Crippen LogP contribution in [0.3, 0.4) is 0 Å². The van der Waals surface area contributed by atoms with Crippen LogP contribution in [0.2, 0.25) is 0 Å². The van der Waals surface area contributed by atoms with Crippen molar-refractivity contribution in [2.24, 2.45) is 0 Å². The molecule has 0 aliphatic carbocycles. The molecule has 0 bridgehead atoms. The average Bonchev–Trinajstić information content (AvgIpc) is 3.09. The van der Waals surface area contributed by atoms with Gasteiger partial charge in [-0.2, -0.15) is 8.75 Å². The molecule has 1 unspecified atom stereocenters. The lowest BCUT2D eigenvalue weighted by atomic mass is 9.98. The van der Waals surface area contributed by atoms with Gasteiger partial charge in [0.2, 0.25) is 0 Å². The minimum Gasteiger partial charge on any atom is -0.343 e. The quantitative estimate of drug-likeness (QED) is 0.770. The number of hydrogen-bond donors (Lipinski definition) is 1. The van der Waals surface area contributed by atoms with Crippen LogP contribution in [-0.4, -0.2) is 14.7 Å². The van der Waals surface area contributed by atoms with Crippen molar-refractivity contribution in [1.29, 1.82) is 0 Å². The van der Waals surface area contributed by atoms with E-state index < -0.39 is 17.8 Å². The lowest BCUT2D eigenvalue weighted by molar-refractivity contribution is 0.0932. The Morgan fingerprint density at radius 1 is 1.12 bits per heavy atom. The predicted octanol–water partition coefficient (Wildman–Crippen LogP) is 3.53. The minimum absolute atomic E-state index is 0.195. The smallest absolute Gasteiger partial charge is 0.273 e. The third-order valence-electron chi connectivity index (χ3n) is 3.48. The molecule has 0 aliphatic rings. The summed E-state index contributed by atoms with van der Waals surface area (Å²) >= 11 is 0.929. The zero-order valence-corrected chi connectivity index (χ0v) is 13.3. The summed E-state index contributed by atoms with van der Waals surface area (Å²) in [5, 5.41) is 2.81. The van der Waals surface area contributed by atoms with Gasteiger partial charge in [0, 0.05) is 0 Å². The third kappa shape index (κ3) is 3.99. The van der Waals surface area contributed by atoms with Gasteiger partial charge in [-0.15, -0.1) is 0 Å². The van der Waals surface area contributed by atoms with Gasteiger partial charge in [-0.25, -0.2) is 8.78 Å². The molecular formula is C17H13F2N3OS. The first kappa shape index (κ1) is 16.2. The van der Waals surface area contributed by atoms with Crippen LogP contribution in [0.25, 0.3) is 0 Å². The van der Waals surface area contributed by atoms with Crippen LogP contribution in [0.15, 0.2) is 54.7 Å². The molecule has 0 radical (unpaired) electrons. The van der Waals surface area contributed by atoms with Gasteiger partial charge in [-0.3, -0.25) is 4.79 Å². The summed E-state index contributed by atoms with van der Waals surface area (Å²) in [5.41, 5.74) is 1.48. The van der Waals surface area contributed by atoms with Crippen molar-refractivity contribution in [2.45, 2.75) is 12.5 Å². The largest absolute Gasteiger partial charge is 0.343 e. The van der Waals surface area contributed by atoms with Crippen molar-refractivity contribution >= 4 is 17.6 Å². The normalized spacial score (nSPS) is 11.9. The Morgan fingerprint density at radius 2 is 1.88 bits per heavy atom. The molecule has 0 saturated carbocycles. The molecule has 1 N–H and O–H groups in total. The zero-order chi connectivity index (χ0) is 16.9. The van der Waals surface area contributed by atoms with E-state index in [0.29, 0.717) is 17.5 Å². The first-order valence-electron chi connectivity index (χ1n) is 7.20. The molecule has 0 aliphatic heterocycles. The van der Waals surface area contributed by atoms with Crippen molar-refractivity contribution < 1.29 is 13.6 Å². The first-order valence-corrected chi connectivity index (χ1v) is 7.93. The van der Waals surface area contributed by atoms with Gasteiger partial charge >= 0.3 is 0 Å². The lowest BCUT2D eigenvalue weighted by Crippen LogP contribution is -2.30.